The number of benzene rings is 1. The van der Waals surface area contributed by atoms with Gasteiger partial charge in [0.2, 0.25) is 0 Å². The summed E-state index contributed by atoms with van der Waals surface area (Å²) in [7, 11) is 0. The van der Waals surface area contributed by atoms with E-state index < -0.39 is 0 Å². The Balaban J connectivity index is 2.40. The van der Waals surface area contributed by atoms with Crippen molar-refractivity contribution in [3.05, 3.63) is 35.4 Å². The molecule has 1 aliphatic heterocycles. The van der Waals surface area contributed by atoms with Crippen molar-refractivity contribution in [3.8, 4) is 0 Å². The normalized spacial score (nSPS) is 14.7. The smallest absolute Gasteiger partial charge is 0.0835 e. The molecule has 2 rings (SSSR count). The summed E-state index contributed by atoms with van der Waals surface area (Å²) in [6.07, 6.45) is 2.41. The number of aliphatic hydroxyl groups excluding tert-OH is 1. The maximum atomic E-state index is 8.94. The zero-order valence-corrected chi connectivity index (χ0v) is 7.14. The SMILES string of the molecule is OCC1=NN=Cc2ccccc2C1. The molecule has 1 aliphatic rings. The van der Waals surface area contributed by atoms with Crippen LogP contribution in [0.25, 0.3) is 0 Å². The van der Waals surface area contributed by atoms with Gasteiger partial charge in [-0.1, -0.05) is 24.3 Å². The van der Waals surface area contributed by atoms with Crippen molar-refractivity contribution in [2.24, 2.45) is 10.2 Å². The minimum absolute atomic E-state index is 0.0221. The van der Waals surface area contributed by atoms with E-state index in [2.05, 4.69) is 10.2 Å². The van der Waals surface area contributed by atoms with Crippen molar-refractivity contribution in [1.82, 2.24) is 0 Å². The minimum atomic E-state index is -0.0221. The van der Waals surface area contributed by atoms with Crippen molar-refractivity contribution in [1.29, 1.82) is 0 Å². The molecule has 1 aromatic rings. The minimum Gasteiger partial charge on any atom is -0.390 e. The molecule has 3 nitrogen and oxygen atoms in total. The lowest BCUT2D eigenvalue weighted by Crippen LogP contribution is -2.07. The van der Waals surface area contributed by atoms with Crippen LogP contribution in [0.15, 0.2) is 34.5 Å². The zero-order valence-electron chi connectivity index (χ0n) is 7.14. The fourth-order valence-electron chi connectivity index (χ4n) is 1.34. The molecule has 0 fully saturated rings. The first kappa shape index (κ1) is 8.13. The van der Waals surface area contributed by atoms with E-state index in [1.54, 1.807) is 6.21 Å². The third kappa shape index (κ3) is 1.65. The van der Waals surface area contributed by atoms with Crippen LogP contribution in [0.3, 0.4) is 0 Å². The van der Waals surface area contributed by atoms with Crippen molar-refractivity contribution >= 4 is 11.9 Å². The molecule has 0 bridgehead atoms. The fraction of sp³-hybridized carbons (Fsp3) is 0.200. The van der Waals surface area contributed by atoms with Crippen LogP contribution < -0.4 is 0 Å². The molecule has 0 spiro atoms. The second-order valence-corrected chi connectivity index (χ2v) is 2.94. The molecular weight excluding hydrogens is 164 g/mol. The highest BCUT2D eigenvalue weighted by molar-refractivity contribution is 5.93. The lowest BCUT2D eigenvalue weighted by atomic mass is 10.0. The van der Waals surface area contributed by atoms with Crippen LogP contribution in [-0.4, -0.2) is 23.6 Å². The van der Waals surface area contributed by atoms with Gasteiger partial charge in [-0.2, -0.15) is 10.2 Å². The molecule has 66 valence electrons. The quantitative estimate of drug-likeness (QED) is 0.678. The summed E-state index contributed by atoms with van der Waals surface area (Å²) in [6.45, 7) is -0.0221. The highest BCUT2D eigenvalue weighted by Gasteiger charge is 2.06. The van der Waals surface area contributed by atoms with E-state index >= 15 is 0 Å². The molecule has 1 N–H and O–H groups in total. The van der Waals surface area contributed by atoms with Crippen LogP contribution in [0.4, 0.5) is 0 Å². The summed E-state index contributed by atoms with van der Waals surface area (Å²) in [6, 6.07) is 7.97. The molecule has 0 saturated heterocycles. The number of hydrogen-bond donors (Lipinski definition) is 1. The van der Waals surface area contributed by atoms with Crippen LogP contribution in [0.5, 0.6) is 0 Å². The van der Waals surface area contributed by atoms with Gasteiger partial charge in [0.15, 0.2) is 0 Å². The topological polar surface area (TPSA) is 45.0 Å². The third-order valence-electron chi connectivity index (χ3n) is 2.03. The van der Waals surface area contributed by atoms with Gasteiger partial charge in [0, 0.05) is 6.42 Å². The predicted octanol–water partition coefficient (Wildman–Crippen LogP) is 1.01. The van der Waals surface area contributed by atoms with E-state index in [-0.39, 0.29) is 6.61 Å². The van der Waals surface area contributed by atoms with E-state index in [4.69, 9.17) is 5.11 Å². The molecule has 0 unspecified atom stereocenters. The summed E-state index contributed by atoms with van der Waals surface area (Å²) in [5, 5.41) is 16.7. The molecule has 13 heavy (non-hydrogen) atoms. The number of rotatable bonds is 1. The standard InChI is InChI=1S/C10H10N2O/c13-7-10-5-8-3-1-2-4-9(8)6-11-12-10/h1-4,6,13H,5,7H2. The Morgan fingerprint density at radius 2 is 2.15 bits per heavy atom. The van der Waals surface area contributed by atoms with Gasteiger partial charge >= 0.3 is 0 Å². The summed E-state index contributed by atoms with van der Waals surface area (Å²) in [5.41, 5.74) is 2.95. The summed E-state index contributed by atoms with van der Waals surface area (Å²) < 4.78 is 0. The molecule has 0 saturated carbocycles. The van der Waals surface area contributed by atoms with Crippen LogP contribution in [0.2, 0.25) is 0 Å². The molecule has 1 heterocycles. The summed E-state index contributed by atoms with van der Waals surface area (Å²) in [5.74, 6) is 0. The van der Waals surface area contributed by atoms with Gasteiger partial charge in [0.05, 0.1) is 18.5 Å². The Kier molecular flexibility index (Phi) is 2.19. The Labute approximate surface area is 76.4 Å². The Hall–Kier alpha value is -1.48. The van der Waals surface area contributed by atoms with E-state index in [0.29, 0.717) is 12.1 Å². The predicted molar refractivity (Wildman–Crippen MR) is 52.3 cm³/mol. The lowest BCUT2D eigenvalue weighted by Gasteiger charge is -2.02. The molecule has 0 amide bonds. The molecule has 0 radical (unpaired) electrons. The van der Waals surface area contributed by atoms with E-state index in [1.807, 2.05) is 24.3 Å². The average Bonchev–Trinajstić information content (AvgIpc) is 2.38. The third-order valence-corrected chi connectivity index (χ3v) is 2.03. The highest BCUT2D eigenvalue weighted by Crippen LogP contribution is 2.10. The maximum absolute atomic E-state index is 8.94. The van der Waals surface area contributed by atoms with Crippen LogP contribution >= 0.6 is 0 Å². The number of nitrogens with zero attached hydrogens (tertiary/aromatic N) is 2. The van der Waals surface area contributed by atoms with E-state index in [1.165, 1.54) is 0 Å². The number of hydrogen-bond acceptors (Lipinski definition) is 3. The molecule has 0 atom stereocenters. The van der Waals surface area contributed by atoms with Gasteiger partial charge in [-0.25, -0.2) is 0 Å². The van der Waals surface area contributed by atoms with Crippen LogP contribution in [0.1, 0.15) is 11.1 Å². The van der Waals surface area contributed by atoms with Crippen molar-refractivity contribution in [3.63, 3.8) is 0 Å². The van der Waals surface area contributed by atoms with Crippen LogP contribution in [0, 0.1) is 0 Å². The molecule has 1 aromatic carbocycles. The second-order valence-electron chi connectivity index (χ2n) is 2.94. The zero-order chi connectivity index (χ0) is 9.10. The van der Waals surface area contributed by atoms with Gasteiger partial charge in [-0.05, 0) is 11.1 Å². The van der Waals surface area contributed by atoms with Crippen molar-refractivity contribution < 1.29 is 5.11 Å². The van der Waals surface area contributed by atoms with Gasteiger partial charge in [0.25, 0.3) is 0 Å². The second kappa shape index (κ2) is 3.49. The molecule has 0 aliphatic carbocycles. The first-order chi connectivity index (χ1) is 6.40. The van der Waals surface area contributed by atoms with Crippen molar-refractivity contribution in [2.45, 2.75) is 6.42 Å². The highest BCUT2D eigenvalue weighted by atomic mass is 16.3. The largest absolute Gasteiger partial charge is 0.390 e. The van der Waals surface area contributed by atoms with E-state index in [9.17, 15) is 0 Å². The number of aliphatic hydroxyl groups is 1. The lowest BCUT2D eigenvalue weighted by molar-refractivity contribution is 0.355. The van der Waals surface area contributed by atoms with E-state index in [0.717, 1.165) is 11.1 Å². The monoisotopic (exact) mass is 174 g/mol. The molecular formula is C10H10N2O. The molecule has 0 aromatic heterocycles. The van der Waals surface area contributed by atoms with Gasteiger partial charge in [-0.3, -0.25) is 0 Å². The fourth-order valence-corrected chi connectivity index (χ4v) is 1.34. The van der Waals surface area contributed by atoms with Gasteiger partial charge in [-0.15, -0.1) is 0 Å². The first-order valence-corrected chi connectivity index (χ1v) is 4.17. The summed E-state index contributed by atoms with van der Waals surface area (Å²) >= 11 is 0. The molecule has 3 heteroatoms. The Morgan fingerprint density at radius 1 is 1.31 bits per heavy atom. The van der Waals surface area contributed by atoms with Crippen molar-refractivity contribution in [2.75, 3.05) is 6.61 Å². The Morgan fingerprint density at radius 3 is 3.00 bits per heavy atom. The van der Waals surface area contributed by atoms with Gasteiger partial charge < -0.3 is 5.11 Å². The van der Waals surface area contributed by atoms with Gasteiger partial charge in [0.1, 0.15) is 0 Å². The average molecular weight is 174 g/mol. The maximum Gasteiger partial charge on any atom is 0.0835 e. The Bertz CT molecular complexity index is 369. The number of fused-ring (bicyclic) bond motifs is 1. The first-order valence-electron chi connectivity index (χ1n) is 4.17. The van der Waals surface area contributed by atoms with Crippen LogP contribution in [-0.2, 0) is 6.42 Å². The summed E-state index contributed by atoms with van der Waals surface area (Å²) in [4.78, 5) is 0.